The maximum atomic E-state index is 13.8. The second-order valence-corrected chi connectivity index (χ2v) is 11.3. The first kappa shape index (κ1) is 28.7. The van der Waals surface area contributed by atoms with Crippen molar-refractivity contribution in [2.45, 2.75) is 71.7 Å². The van der Waals surface area contributed by atoms with E-state index in [2.05, 4.69) is 0 Å². The van der Waals surface area contributed by atoms with E-state index < -0.39 is 16.1 Å². The molecule has 1 unspecified atom stereocenters. The summed E-state index contributed by atoms with van der Waals surface area (Å²) in [6.07, 6.45) is 1.66. The van der Waals surface area contributed by atoms with Crippen LogP contribution in [0.15, 0.2) is 41.3 Å². The number of aryl methyl sites for hydroxylation is 2. The van der Waals surface area contributed by atoms with Crippen molar-refractivity contribution in [1.82, 2.24) is 4.31 Å². The van der Waals surface area contributed by atoms with E-state index in [0.29, 0.717) is 43.0 Å². The Morgan fingerprint density at radius 2 is 1.51 bits per heavy atom. The van der Waals surface area contributed by atoms with Crippen molar-refractivity contribution in [3.05, 3.63) is 53.1 Å². The molecular weight excluding hydrogens is 490 g/mol. The average molecular weight is 530 g/mol. The third kappa shape index (κ3) is 5.83. The lowest BCUT2D eigenvalue weighted by Gasteiger charge is -2.42. The summed E-state index contributed by atoms with van der Waals surface area (Å²) < 4.78 is 33.1. The standard InChI is InChI=1S/C28H39N3O5S/c1-7-15-29(16-8-2)37(34,35)24-13-11-22(12-14-24)27(32)30-19-23(9-3)31(28(33)36-10-4)26-18-21(6)20(5)17-25(26)30/h11-14,17-18,23H,7-10,15-16,19H2,1-6H3. The molecule has 0 bridgehead atoms. The van der Waals surface area contributed by atoms with E-state index in [0.717, 1.165) is 24.0 Å². The van der Waals surface area contributed by atoms with Crippen molar-refractivity contribution in [2.24, 2.45) is 0 Å². The molecule has 1 aliphatic rings. The number of sulfonamides is 1. The zero-order valence-corrected chi connectivity index (χ0v) is 23.6. The van der Waals surface area contributed by atoms with Crippen molar-refractivity contribution >= 4 is 33.4 Å². The summed E-state index contributed by atoms with van der Waals surface area (Å²) >= 11 is 0. The van der Waals surface area contributed by atoms with Gasteiger partial charge in [0.15, 0.2) is 0 Å². The van der Waals surface area contributed by atoms with Crippen LogP contribution >= 0.6 is 0 Å². The minimum Gasteiger partial charge on any atom is -0.449 e. The number of amides is 2. The predicted octanol–water partition coefficient (Wildman–Crippen LogP) is 5.52. The fraction of sp³-hybridized carbons (Fsp3) is 0.500. The molecule has 0 spiro atoms. The number of hydrogen-bond acceptors (Lipinski definition) is 5. The molecule has 9 heteroatoms. The lowest BCUT2D eigenvalue weighted by atomic mass is 9.99. The number of anilines is 2. The van der Waals surface area contributed by atoms with E-state index in [-0.39, 0.29) is 23.5 Å². The van der Waals surface area contributed by atoms with Crippen molar-refractivity contribution < 1.29 is 22.7 Å². The minimum atomic E-state index is -3.64. The van der Waals surface area contributed by atoms with Crippen LogP contribution < -0.4 is 9.80 Å². The van der Waals surface area contributed by atoms with Crippen LogP contribution in [0.2, 0.25) is 0 Å². The van der Waals surface area contributed by atoms with Gasteiger partial charge in [0.05, 0.1) is 28.9 Å². The molecule has 1 heterocycles. The zero-order valence-electron chi connectivity index (χ0n) is 22.8. The van der Waals surface area contributed by atoms with Gasteiger partial charge >= 0.3 is 6.09 Å². The molecule has 1 aliphatic heterocycles. The molecule has 202 valence electrons. The Balaban J connectivity index is 2.00. The summed E-state index contributed by atoms with van der Waals surface area (Å²) in [5.74, 6) is -0.241. The number of carbonyl (C=O) groups excluding carboxylic acids is 2. The quantitative estimate of drug-likeness (QED) is 0.427. The van der Waals surface area contributed by atoms with Gasteiger partial charge in [-0.15, -0.1) is 0 Å². The van der Waals surface area contributed by atoms with Gasteiger partial charge in [0, 0.05) is 25.2 Å². The maximum Gasteiger partial charge on any atom is 0.414 e. The fourth-order valence-corrected chi connectivity index (χ4v) is 6.28. The maximum absolute atomic E-state index is 13.8. The molecule has 1 atom stereocenters. The largest absolute Gasteiger partial charge is 0.449 e. The molecule has 0 fully saturated rings. The summed E-state index contributed by atoms with van der Waals surface area (Å²) in [6, 6.07) is 9.76. The Morgan fingerprint density at radius 3 is 2.03 bits per heavy atom. The van der Waals surface area contributed by atoms with Gasteiger partial charge in [-0.2, -0.15) is 4.31 Å². The molecular formula is C28H39N3O5S. The van der Waals surface area contributed by atoms with Gasteiger partial charge in [-0.05, 0) is 87.6 Å². The van der Waals surface area contributed by atoms with Crippen LogP contribution in [0.25, 0.3) is 0 Å². The van der Waals surface area contributed by atoms with Gasteiger partial charge in [0.2, 0.25) is 10.0 Å². The monoisotopic (exact) mass is 529 g/mol. The minimum absolute atomic E-state index is 0.177. The highest BCUT2D eigenvalue weighted by Crippen LogP contribution is 2.39. The Labute approximate surface area is 221 Å². The molecule has 0 aliphatic carbocycles. The number of carbonyl (C=O) groups is 2. The van der Waals surface area contributed by atoms with Crippen LogP contribution in [0.5, 0.6) is 0 Å². The van der Waals surface area contributed by atoms with Crippen LogP contribution in [-0.4, -0.2) is 57.0 Å². The number of nitrogens with zero attached hydrogens (tertiary/aromatic N) is 3. The molecule has 2 aromatic carbocycles. The molecule has 0 N–H and O–H groups in total. The van der Waals surface area contributed by atoms with Gasteiger partial charge < -0.3 is 9.64 Å². The van der Waals surface area contributed by atoms with Crippen LogP contribution in [0.3, 0.4) is 0 Å². The van der Waals surface area contributed by atoms with Crippen LogP contribution in [-0.2, 0) is 14.8 Å². The second kappa shape index (κ2) is 12.1. The van der Waals surface area contributed by atoms with Crippen LogP contribution in [0, 0.1) is 13.8 Å². The molecule has 37 heavy (non-hydrogen) atoms. The molecule has 0 saturated heterocycles. The SMILES string of the molecule is CCCN(CCC)S(=O)(=O)c1ccc(C(=O)N2CC(CC)N(C(=O)OCC)c3cc(C)c(C)cc32)cc1. The molecule has 0 saturated carbocycles. The first-order valence-electron chi connectivity index (χ1n) is 13.1. The molecule has 0 aromatic heterocycles. The number of fused-ring (bicyclic) bond motifs is 1. The molecule has 8 nitrogen and oxygen atoms in total. The van der Waals surface area contributed by atoms with Gasteiger partial charge in [-0.25, -0.2) is 13.2 Å². The van der Waals surface area contributed by atoms with Crippen LogP contribution in [0.4, 0.5) is 16.2 Å². The highest BCUT2D eigenvalue weighted by molar-refractivity contribution is 7.89. The number of ether oxygens (including phenoxy) is 1. The number of rotatable bonds is 9. The van der Waals surface area contributed by atoms with E-state index in [1.165, 1.54) is 16.4 Å². The summed E-state index contributed by atoms with van der Waals surface area (Å²) in [5.41, 5.74) is 3.68. The van der Waals surface area contributed by atoms with E-state index in [9.17, 15) is 18.0 Å². The smallest absolute Gasteiger partial charge is 0.414 e. The number of hydrogen-bond donors (Lipinski definition) is 0. The van der Waals surface area contributed by atoms with Gasteiger partial charge in [0.1, 0.15) is 0 Å². The highest BCUT2D eigenvalue weighted by atomic mass is 32.2. The third-order valence-electron chi connectivity index (χ3n) is 6.77. The summed E-state index contributed by atoms with van der Waals surface area (Å²) in [7, 11) is -3.64. The van der Waals surface area contributed by atoms with Crippen molar-refractivity contribution in [2.75, 3.05) is 36.0 Å². The first-order valence-corrected chi connectivity index (χ1v) is 14.5. The molecule has 0 radical (unpaired) electrons. The topological polar surface area (TPSA) is 87.2 Å². The van der Waals surface area contributed by atoms with Crippen molar-refractivity contribution in [3.63, 3.8) is 0 Å². The lowest BCUT2D eigenvalue weighted by Crippen LogP contribution is -2.53. The van der Waals surface area contributed by atoms with Gasteiger partial charge in [-0.1, -0.05) is 20.8 Å². The van der Waals surface area contributed by atoms with Gasteiger partial charge in [-0.3, -0.25) is 9.69 Å². The normalized spacial score (nSPS) is 15.6. The average Bonchev–Trinajstić information content (AvgIpc) is 2.88. The van der Waals surface area contributed by atoms with E-state index in [1.807, 2.05) is 46.8 Å². The predicted molar refractivity (Wildman–Crippen MR) is 147 cm³/mol. The molecule has 2 aromatic rings. The summed E-state index contributed by atoms with van der Waals surface area (Å²) in [5, 5.41) is 0. The Hall–Kier alpha value is -2.91. The fourth-order valence-electron chi connectivity index (χ4n) is 4.65. The Bertz CT molecular complexity index is 1220. The molecule has 3 rings (SSSR count). The highest BCUT2D eigenvalue weighted by Gasteiger charge is 2.38. The second-order valence-electron chi connectivity index (χ2n) is 9.40. The van der Waals surface area contributed by atoms with E-state index in [4.69, 9.17) is 4.74 Å². The van der Waals surface area contributed by atoms with E-state index >= 15 is 0 Å². The first-order chi connectivity index (χ1) is 17.6. The summed E-state index contributed by atoms with van der Waals surface area (Å²) in [6.45, 7) is 13.1. The molecule has 2 amide bonds. The van der Waals surface area contributed by atoms with Crippen molar-refractivity contribution in [3.8, 4) is 0 Å². The summed E-state index contributed by atoms with van der Waals surface area (Å²) in [4.78, 5) is 30.2. The van der Waals surface area contributed by atoms with Crippen LogP contribution in [0.1, 0.15) is 68.4 Å². The lowest BCUT2D eigenvalue weighted by molar-refractivity contribution is 0.0981. The number of benzene rings is 2. The van der Waals surface area contributed by atoms with Gasteiger partial charge in [0.25, 0.3) is 5.91 Å². The zero-order chi connectivity index (χ0) is 27.3. The van der Waals surface area contributed by atoms with Crippen molar-refractivity contribution in [1.29, 1.82) is 0 Å². The Kier molecular flexibility index (Phi) is 9.36. The van der Waals surface area contributed by atoms with E-state index in [1.54, 1.807) is 28.9 Å². The third-order valence-corrected chi connectivity index (χ3v) is 8.68. The Morgan fingerprint density at radius 1 is 0.946 bits per heavy atom.